The number of nitrogens with zero attached hydrogens (tertiary/aromatic N) is 2. The highest BCUT2D eigenvalue weighted by Crippen LogP contribution is 2.34. The van der Waals surface area contributed by atoms with E-state index in [1.165, 1.54) is 120 Å². The lowest BCUT2D eigenvalue weighted by atomic mass is 9.77. The molecule has 0 saturated heterocycles. The largest absolute Gasteiger partial charge is 0.155 e. The van der Waals surface area contributed by atoms with Gasteiger partial charge in [0, 0.05) is 5.56 Å². The summed E-state index contributed by atoms with van der Waals surface area (Å²) in [5.41, 5.74) is 4.78. The van der Waals surface area contributed by atoms with E-state index in [0.717, 1.165) is 29.6 Å². The number of rotatable bonds is 16. The first-order valence-corrected chi connectivity index (χ1v) is 14.7. The van der Waals surface area contributed by atoms with Crippen molar-refractivity contribution in [2.45, 2.75) is 129 Å². The van der Waals surface area contributed by atoms with Crippen molar-refractivity contribution in [2.75, 3.05) is 0 Å². The van der Waals surface area contributed by atoms with Crippen LogP contribution in [0.5, 0.6) is 0 Å². The molecule has 0 radical (unpaired) electrons. The minimum absolute atomic E-state index is 0.941. The number of aryl methyl sites for hydroxylation is 2. The first-order chi connectivity index (χ1) is 16.8. The molecular weight excluding hydrogens is 412 g/mol. The Kier molecular flexibility index (Phi) is 12.7. The summed E-state index contributed by atoms with van der Waals surface area (Å²) in [5.74, 6) is 1.96. The fraction of sp³-hybridized carbons (Fsp3) is 0.688. The Hall–Kier alpha value is -1.70. The number of hydrogen-bond donors (Lipinski definition) is 0. The summed E-state index contributed by atoms with van der Waals surface area (Å²) in [4.78, 5) is 0. The Morgan fingerprint density at radius 1 is 0.588 bits per heavy atom. The van der Waals surface area contributed by atoms with Gasteiger partial charge >= 0.3 is 0 Å². The van der Waals surface area contributed by atoms with Crippen molar-refractivity contribution in [3.05, 3.63) is 47.7 Å². The summed E-state index contributed by atoms with van der Waals surface area (Å²) >= 11 is 0. The number of benzene rings is 1. The van der Waals surface area contributed by atoms with Gasteiger partial charge in [0.25, 0.3) is 0 Å². The first kappa shape index (κ1) is 26.9. The van der Waals surface area contributed by atoms with E-state index in [0.29, 0.717) is 0 Å². The van der Waals surface area contributed by atoms with Crippen molar-refractivity contribution in [1.29, 1.82) is 0 Å². The van der Waals surface area contributed by atoms with E-state index in [-0.39, 0.29) is 0 Å². The standard InChI is InChI=1S/C32H50N2/c1-3-5-7-9-11-13-27-15-17-28(18-16-27)19-20-29-21-23-30(24-22-29)32-26-25-31(33-34-32)14-12-10-8-6-4-2/h21-28H,3-20H2,1-2H3. The number of aromatic nitrogens is 2. The molecule has 1 aliphatic carbocycles. The van der Waals surface area contributed by atoms with Crippen LogP contribution in [0.25, 0.3) is 11.3 Å². The molecule has 3 rings (SSSR count). The molecule has 0 N–H and O–H groups in total. The van der Waals surface area contributed by atoms with E-state index in [1.807, 2.05) is 0 Å². The predicted octanol–water partition coefficient (Wildman–Crippen LogP) is 9.76. The molecule has 0 amide bonds. The van der Waals surface area contributed by atoms with Crippen LogP contribution in [0.3, 0.4) is 0 Å². The summed E-state index contributed by atoms with van der Waals surface area (Å²) in [5, 5.41) is 8.99. The Labute approximate surface area is 210 Å². The van der Waals surface area contributed by atoms with Gasteiger partial charge in [0.15, 0.2) is 0 Å². The van der Waals surface area contributed by atoms with Gasteiger partial charge in [-0.25, -0.2) is 0 Å². The fourth-order valence-corrected chi connectivity index (χ4v) is 5.62. The van der Waals surface area contributed by atoms with Crippen LogP contribution in [0.4, 0.5) is 0 Å². The summed E-state index contributed by atoms with van der Waals surface area (Å²) in [7, 11) is 0. The molecule has 1 aromatic carbocycles. The highest BCUT2D eigenvalue weighted by Gasteiger charge is 2.20. The van der Waals surface area contributed by atoms with Crippen molar-refractivity contribution in [1.82, 2.24) is 10.2 Å². The normalized spacial score (nSPS) is 18.3. The van der Waals surface area contributed by atoms with Gasteiger partial charge in [0.1, 0.15) is 0 Å². The lowest BCUT2D eigenvalue weighted by molar-refractivity contribution is 0.248. The first-order valence-electron chi connectivity index (χ1n) is 14.7. The molecule has 0 unspecified atom stereocenters. The van der Waals surface area contributed by atoms with Crippen molar-refractivity contribution in [2.24, 2.45) is 11.8 Å². The SMILES string of the molecule is CCCCCCCc1ccc(-c2ccc(CCC3CCC(CCCCCCC)CC3)cc2)nn1. The predicted molar refractivity (Wildman–Crippen MR) is 147 cm³/mol. The maximum atomic E-state index is 4.51. The van der Waals surface area contributed by atoms with E-state index >= 15 is 0 Å². The third-order valence-electron chi connectivity index (χ3n) is 8.03. The lowest BCUT2D eigenvalue weighted by Gasteiger charge is -2.28. The van der Waals surface area contributed by atoms with Crippen molar-refractivity contribution in [3.63, 3.8) is 0 Å². The Morgan fingerprint density at radius 3 is 1.82 bits per heavy atom. The summed E-state index contributed by atoms with van der Waals surface area (Å²) in [6, 6.07) is 13.4. The van der Waals surface area contributed by atoms with E-state index in [1.54, 1.807) is 0 Å². The van der Waals surface area contributed by atoms with Crippen LogP contribution in [-0.4, -0.2) is 10.2 Å². The monoisotopic (exact) mass is 462 g/mol. The topological polar surface area (TPSA) is 25.8 Å². The summed E-state index contributed by atoms with van der Waals surface area (Å²) in [6.45, 7) is 4.57. The van der Waals surface area contributed by atoms with Crippen LogP contribution < -0.4 is 0 Å². The van der Waals surface area contributed by atoms with E-state index in [9.17, 15) is 0 Å². The molecule has 1 heterocycles. The quantitative estimate of drug-likeness (QED) is 0.232. The second kappa shape index (κ2) is 16.1. The van der Waals surface area contributed by atoms with Crippen molar-refractivity contribution < 1.29 is 0 Å². The lowest BCUT2D eigenvalue weighted by Crippen LogP contribution is -2.15. The smallest absolute Gasteiger partial charge is 0.0929 e. The van der Waals surface area contributed by atoms with Crippen LogP contribution in [0.15, 0.2) is 36.4 Å². The van der Waals surface area contributed by atoms with Gasteiger partial charge in [-0.3, -0.25) is 0 Å². The van der Waals surface area contributed by atoms with Crippen molar-refractivity contribution >= 4 is 0 Å². The van der Waals surface area contributed by atoms with Gasteiger partial charge in [-0.15, -0.1) is 0 Å². The molecule has 0 atom stereocenters. The maximum absolute atomic E-state index is 4.51. The van der Waals surface area contributed by atoms with Crippen molar-refractivity contribution in [3.8, 4) is 11.3 Å². The molecule has 2 nitrogen and oxygen atoms in total. The van der Waals surface area contributed by atoms with E-state index in [4.69, 9.17) is 0 Å². The molecule has 1 saturated carbocycles. The zero-order valence-electron chi connectivity index (χ0n) is 22.2. The third kappa shape index (κ3) is 9.88. The minimum Gasteiger partial charge on any atom is -0.155 e. The van der Waals surface area contributed by atoms with Crippen LogP contribution in [-0.2, 0) is 12.8 Å². The highest BCUT2D eigenvalue weighted by molar-refractivity contribution is 5.58. The maximum Gasteiger partial charge on any atom is 0.0929 e. The Balaban J connectivity index is 1.33. The Bertz CT molecular complexity index is 757. The highest BCUT2D eigenvalue weighted by atomic mass is 15.1. The molecule has 34 heavy (non-hydrogen) atoms. The van der Waals surface area contributed by atoms with Crippen LogP contribution in [0.2, 0.25) is 0 Å². The van der Waals surface area contributed by atoms with E-state index in [2.05, 4.69) is 60.4 Å². The zero-order chi connectivity index (χ0) is 23.8. The molecule has 0 bridgehead atoms. The second-order valence-corrected chi connectivity index (χ2v) is 10.9. The van der Waals surface area contributed by atoms with Gasteiger partial charge in [-0.05, 0) is 55.2 Å². The number of unbranched alkanes of at least 4 members (excludes halogenated alkanes) is 8. The minimum atomic E-state index is 0.941. The molecule has 2 aromatic rings. The molecule has 188 valence electrons. The van der Waals surface area contributed by atoms with Gasteiger partial charge in [0.2, 0.25) is 0 Å². The Morgan fingerprint density at radius 2 is 1.21 bits per heavy atom. The van der Waals surface area contributed by atoms with Crippen LogP contribution in [0, 0.1) is 11.8 Å². The van der Waals surface area contributed by atoms with Gasteiger partial charge in [0.05, 0.1) is 11.4 Å². The molecule has 1 aliphatic rings. The zero-order valence-corrected chi connectivity index (χ0v) is 22.2. The third-order valence-corrected chi connectivity index (χ3v) is 8.03. The van der Waals surface area contributed by atoms with E-state index < -0.39 is 0 Å². The summed E-state index contributed by atoms with van der Waals surface area (Å²) < 4.78 is 0. The average molecular weight is 463 g/mol. The average Bonchev–Trinajstić information content (AvgIpc) is 2.89. The van der Waals surface area contributed by atoms with Crippen LogP contribution in [0.1, 0.15) is 128 Å². The molecular formula is C32H50N2. The molecule has 0 aliphatic heterocycles. The van der Waals surface area contributed by atoms with Gasteiger partial charge in [-0.2, -0.15) is 10.2 Å². The number of hydrogen-bond acceptors (Lipinski definition) is 2. The van der Waals surface area contributed by atoms with Gasteiger partial charge in [-0.1, -0.05) is 128 Å². The molecule has 1 aromatic heterocycles. The van der Waals surface area contributed by atoms with Gasteiger partial charge < -0.3 is 0 Å². The van der Waals surface area contributed by atoms with Crippen LogP contribution >= 0.6 is 0 Å². The molecule has 2 heteroatoms. The molecule has 0 spiro atoms. The molecule has 1 fully saturated rings. The fourth-order valence-electron chi connectivity index (χ4n) is 5.62. The summed E-state index contributed by atoms with van der Waals surface area (Å²) in [6.07, 6.45) is 24.6. The second-order valence-electron chi connectivity index (χ2n) is 10.9.